The van der Waals surface area contributed by atoms with Crippen molar-refractivity contribution < 1.29 is 9.32 Å². The molecule has 0 saturated heterocycles. The predicted octanol–water partition coefficient (Wildman–Crippen LogP) is -0.581. The minimum Gasteiger partial charge on any atom is -0.364 e. The Hall–Kier alpha value is -1.36. The molecule has 2 heterocycles. The first-order chi connectivity index (χ1) is 5.79. The lowest BCUT2D eigenvalue weighted by Crippen LogP contribution is -2.25. The van der Waals surface area contributed by atoms with Crippen molar-refractivity contribution in [3.63, 3.8) is 0 Å². The monoisotopic (exact) mass is 167 g/mol. The van der Waals surface area contributed by atoms with Gasteiger partial charge in [0.1, 0.15) is 5.76 Å². The molecule has 0 radical (unpaired) electrons. The van der Waals surface area contributed by atoms with Crippen LogP contribution in [0.15, 0.2) is 4.52 Å². The first-order valence-corrected chi connectivity index (χ1v) is 3.77. The number of primary amides is 1. The molecule has 0 bridgehead atoms. The molecule has 1 aromatic heterocycles. The number of hydrogen-bond donors (Lipinski definition) is 2. The number of nitrogens with two attached hydrogens (primary N) is 1. The summed E-state index contributed by atoms with van der Waals surface area (Å²) in [5, 5.41) is 6.72. The molecule has 0 fully saturated rings. The topological polar surface area (TPSA) is 81.2 Å². The van der Waals surface area contributed by atoms with E-state index in [1.54, 1.807) is 0 Å². The minimum atomic E-state index is -0.524. The number of carbonyl (C=O) groups excluding carboxylic acids is 1. The second-order valence-corrected chi connectivity index (χ2v) is 2.72. The zero-order chi connectivity index (χ0) is 8.55. The van der Waals surface area contributed by atoms with Crippen molar-refractivity contribution >= 4 is 5.91 Å². The first-order valence-electron chi connectivity index (χ1n) is 3.77. The third-order valence-corrected chi connectivity index (χ3v) is 1.93. The molecular formula is C7H9N3O2. The van der Waals surface area contributed by atoms with Crippen LogP contribution in [0.4, 0.5) is 0 Å². The highest BCUT2D eigenvalue weighted by Gasteiger charge is 2.21. The molecule has 0 unspecified atom stereocenters. The number of rotatable bonds is 1. The Morgan fingerprint density at radius 3 is 3.25 bits per heavy atom. The van der Waals surface area contributed by atoms with Crippen LogP contribution in [0.3, 0.4) is 0 Å². The van der Waals surface area contributed by atoms with Gasteiger partial charge in [0.2, 0.25) is 0 Å². The molecule has 3 N–H and O–H groups in total. The summed E-state index contributed by atoms with van der Waals surface area (Å²) in [6, 6.07) is 0. The van der Waals surface area contributed by atoms with Crippen molar-refractivity contribution in [2.24, 2.45) is 5.73 Å². The van der Waals surface area contributed by atoms with Gasteiger partial charge in [0.05, 0.1) is 0 Å². The van der Waals surface area contributed by atoms with Gasteiger partial charge in [-0.3, -0.25) is 4.79 Å². The van der Waals surface area contributed by atoms with Crippen LogP contribution >= 0.6 is 0 Å². The van der Waals surface area contributed by atoms with E-state index >= 15 is 0 Å². The highest BCUT2D eigenvalue weighted by molar-refractivity contribution is 5.92. The van der Waals surface area contributed by atoms with Crippen molar-refractivity contribution in [2.75, 3.05) is 6.54 Å². The van der Waals surface area contributed by atoms with Gasteiger partial charge in [0.25, 0.3) is 5.91 Å². The van der Waals surface area contributed by atoms with Crippen molar-refractivity contribution in [3.8, 4) is 0 Å². The van der Waals surface area contributed by atoms with E-state index in [0.29, 0.717) is 6.54 Å². The number of aromatic nitrogens is 1. The lowest BCUT2D eigenvalue weighted by atomic mass is 10.1. The molecule has 0 atom stereocenters. The normalized spacial score (nSPS) is 15.7. The van der Waals surface area contributed by atoms with Gasteiger partial charge in [-0.15, -0.1) is 0 Å². The van der Waals surface area contributed by atoms with E-state index in [4.69, 9.17) is 10.3 Å². The van der Waals surface area contributed by atoms with E-state index in [1.165, 1.54) is 0 Å². The number of amides is 1. The van der Waals surface area contributed by atoms with Gasteiger partial charge in [0, 0.05) is 25.1 Å². The van der Waals surface area contributed by atoms with Gasteiger partial charge in [0.15, 0.2) is 5.69 Å². The van der Waals surface area contributed by atoms with E-state index in [1.807, 2.05) is 0 Å². The Bertz CT molecular complexity index is 318. The van der Waals surface area contributed by atoms with Crippen molar-refractivity contribution in [2.45, 2.75) is 13.0 Å². The molecule has 12 heavy (non-hydrogen) atoms. The molecule has 0 aliphatic carbocycles. The van der Waals surface area contributed by atoms with Crippen LogP contribution < -0.4 is 11.1 Å². The number of fused-ring (bicyclic) bond motifs is 1. The van der Waals surface area contributed by atoms with Crippen molar-refractivity contribution in [3.05, 3.63) is 17.0 Å². The van der Waals surface area contributed by atoms with Crippen LogP contribution in [0.2, 0.25) is 0 Å². The molecule has 1 aromatic rings. The van der Waals surface area contributed by atoms with Crippen LogP contribution in [0, 0.1) is 0 Å². The summed E-state index contributed by atoms with van der Waals surface area (Å²) in [4.78, 5) is 10.8. The van der Waals surface area contributed by atoms with Crippen LogP contribution in [0.5, 0.6) is 0 Å². The molecule has 1 aliphatic rings. The van der Waals surface area contributed by atoms with Crippen LogP contribution in [0.1, 0.15) is 21.8 Å². The molecule has 0 aromatic carbocycles. The van der Waals surface area contributed by atoms with Crippen molar-refractivity contribution in [1.82, 2.24) is 10.5 Å². The Labute approximate surface area is 68.9 Å². The van der Waals surface area contributed by atoms with E-state index in [2.05, 4.69) is 10.5 Å². The summed E-state index contributed by atoms with van der Waals surface area (Å²) in [5.41, 5.74) is 6.17. The average Bonchev–Trinajstić information content (AvgIpc) is 2.47. The molecule has 1 amide bonds. The van der Waals surface area contributed by atoms with Gasteiger partial charge in [-0.05, 0) is 0 Å². The fraction of sp³-hybridized carbons (Fsp3) is 0.429. The van der Waals surface area contributed by atoms with E-state index < -0.39 is 5.91 Å². The summed E-state index contributed by atoms with van der Waals surface area (Å²) in [5.74, 6) is 0.256. The summed E-state index contributed by atoms with van der Waals surface area (Å²) in [6.45, 7) is 1.48. The van der Waals surface area contributed by atoms with E-state index in [-0.39, 0.29) is 5.69 Å². The maximum absolute atomic E-state index is 10.8. The summed E-state index contributed by atoms with van der Waals surface area (Å²) >= 11 is 0. The van der Waals surface area contributed by atoms with E-state index in [0.717, 1.165) is 24.3 Å². The summed E-state index contributed by atoms with van der Waals surface area (Å²) < 4.78 is 4.96. The fourth-order valence-corrected chi connectivity index (χ4v) is 1.33. The Morgan fingerprint density at radius 1 is 1.67 bits per heavy atom. The third kappa shape index (κ3) is 0.984. The Balaban J connectivity index is 2.44. The highest BCUT2D eigenvalue weighted by atomic mass is 16.5. The molecule has 2 rings (SSSR count). The van der Waals surface area contributed by atoms with Crippen LogP contribution in [0.25, 0.3) is 0 Å². The maximum Gasteiger partial charge on any atom is 0.271 e. The Morgan fingerprint density at radius 2 is 2.50 bits per heavy atom. The highest BCUT2D eigenvalue weighted by Crippen LogP contribution is 2.16. The fourth-order valence-electron chi connectivity index (χ4n) is 1.33. The van der Waals surface area contributed by atoms with Crippen molar-refractivity contribution in [1.29, 1.82) is 0 Å². The number of hydrogen-bond acceptors (Lipinski definition) is 4. The number of nitrogens with zero attached hydrogens (tertiary/aromatic N) is 1. The molecule has 0 saturated carbocycles. The lowest BCUT2D eigenvalue weighted by molar-refractivity contribution is 0.0991. The smallest absolute Gasteiger partial charge is 0.271 e. The minimum absolute atomic E-state index is 0.261. The number of nitrogens with one attached hydrogen (secondary N) is 1. The van der Waals surface area contributed by atoms with Gasteiger partial charge in [-0.2, -0.15) is 0 Å². The predicted molar refractivity (Wildman–Crippen MR) is 40.4 cm³/mol. The molecule has 0 spiro atoms. The lowest BCUT2D eigenvalue weighted by Gasteiger charge is -2.09. The van der Waals surface area contributed by atoms with Gasteiger partial charge >= 0.3 is 0 Å². The standard InChI is InChI=1S/C7H9N3O2/c8-7(11)6-4-3-9-2-1-5(4)12-10-6/h9H,1-3H2,(H2,8,11). The summed E-state index contributed by atoms with van der Waals surface area (Å²) in [7, 11) is 0. The quantitative estimate of drug-likeness (QED) is 0.586. The first kappa shape index (κ1) is 7.30. The van der Waals surface area contributed by atoms with Crippen LogP contribution in [-0.4, -0.2) is 17.6 Å². The second kappa shape index (κ2) is 2.60. The molecule has 5 heteroatoms. The molecule has 64 valence electrons. The molecular weight excluding hydrogens is 158 g/mol. The maximum atomic E-state index is 10.8. The SMILES string of the molecule is NC(=O)c1noc2c1CNCC2. The second-order valence-electron chi connectivity index (χ2n) is 2.72. The third-order valence-electron chi connectivity index (χ3n) is 1.93. The molecule has 5 nitrogen and oxygen atoms in total. The largest absolute Gasteiger partial charge is 0.364 e. The summed E-state index contributed by atoms with van der Waals surface area (Å²) in [6.07, 6.45) is 0.773. The zero-order valence-electron chi connectivity index (χ0n) is 6.46. The van der Waals surface area contributed by atoms with E-state index in [9.17, 15) is 4.79 Å². The van der Waals surface area contributed by atoms with Gasteiger partial charge in [-0.25, -0.2) is 0 Å². The number of carbonyl (C=O) groups is 1. The zero-order valence-corrected chi connectivity index (χ0v) is 6.46. The van der Waals surface area contributed by atoms with Gasteiger partial charge in [-0.1, -0.05) is 5.16 Å². The van der Waals surface area contributed by atoms with Gasteiger partial charge < -0.3 is 15.6 Å². The average molecular weight is 167 g/mol. The molecule has 1 aliphatic heterocycles. The van der Waals surface area contributed by atoms with Crippen LogP contribution in [-0.2, 0) is 13.0 Å². The Kier molecular flexibility index (Phi) is 1.58.